The van der Waals surface area contributed by atoms with Crippen LogP contribution < -0.4 is 4.90 Å². The zero-order valence-corrected chi connectivity index (χ0v) is 21.7. The number of anilines is 1. The molecule has 10 nitrogen and oxygen atoms in total. The Morgan fingerprint density at radius 2 is 1.57 bits per heavy atom. The monoisotopic (exact) mass is 540 g/mol. The fourth-order valence-electron chi connectivity index (χ4n) is 4.78. The molecule has 40 heavy (non-hydrogen) atoms. The van der Waals surface area contributed by atoms with Crippen LogP contribution in [-0.2, 0) is 4.74 Å². The smallest absolute Gasteiger partial charge is 0.358 e. The summed E-state index contributed by atoms with van der Waals surface area (Å²) < 4.78 is 25.0. The van der Waals surface area contributed by atoms with E-state index in [0.717, 1.165) is 11.3 Å². The number of amides is 1. The molecule has 0 N–H and O–H groups in total. The van der Waals surface area contributed by atoms with Crippen molar-refractivity contribution in [3.05, 3.63) is 89.9 Å². The third-order valence-corrected chi connectivity index (χ3v) is 6.86. The molecular weight excluding hydrogens is 515 g/mol. The molecule has 3 heterocycles. The van der Waals surface area contributed by atoms with E-state index >= 15 is 0 Å². The van der Waals surface area contributed by atoms with Crippen molar-refractivity contribution >= 4 is 28.6 Å². The van der Waals surface area contributed by atoms with E-state index in [1.54, 1.807) is 48.0 Å². The van der Waals surface area contributed by atoms with Crippen LogP contribution in [0.4, 0.5) is 10.1 Å². The Morgan fingerprint density at radius 3 is 2.30 bits per heavy atom. The molecule has 1 amide bonds. The maximum Gasteiger partial charge on any atom is 0.358 e. The number of fused-ring (bicyclic) bond motifs is 1. The van der Waals surface area contributed by atoms with E-state index in [-0.39, 0.29) is 24.0 Å². The third kappa shape index (κ3) is 4.89. The van der Waals surface area contributed by atoms with Crippen molar-refractivity contribution in [2.45, 2.75) is 6.92 Å². The summed E-state index contributed by atoms with van der Waals surface area (Å²) in [6, 6.07) is 20.7. The first-order valence-electron chi connectivity index (χ1n) is 12.9. The lowest BCUT2D eigenvalue weighted by Crippen LogP contribution is -2.48. The van der Waals surface area contributed by atoms with Gasteiger partial charge in [-0.2, -0.15) is 5.10 Å². The van der Waals surface area contributed by atoms with E-state index in [9.17, 15) is 14.0 Å². The van der Waals surface area contributed by atoms with Crippen molar-refractivity contribution < 1.29 is 23.3 Å². The first kappa shape index (κ1) is 25.2. The van der Waals surface area contributed by atoms with Crippen LogP contribution in [0, 0.1) is 5.82 Å². The van der Waals surface area contributed by atoms with Gasteiger partial charge < -0.3 is 14.5 Å². The van der Waals surface area contributed by atoms with Crippen LogP contribution in [0.25, 0.3) is 28.0 Å². The number of aromatic nitrogens is 4. The molecule has 1 aliphatic heterocycles. The van der Waals surface area contributed by atoms with E-state index in [2.05, 4.69) is 20.3 Å². The second-order valence-electron chi connectivity index (χ2n) is 9.32. The zero-order chi connectivity index (χ0) is 27.6. The minimum absolute atomic E-state index is 0.0497. The van der Waals surface area contributed by atoms with Crippen molar-refractivity contribution in [1.29, 1.82) is 0 Å². The van der Waals surface area contributed by atoms with Gasteiger partial charge in [0.2, 0.25) is 0 Å². The second kappa shape index (κ2) is 10.6. The van der Waals surface area contributed by atoms with Crippen molar-refractivity contribution in [2.24, 2.45) is 0 Å². The normalized spacial score (nSPS) is 13.6. The Morgan fingerprint density at radius 1 is 0.875 bits per heavy atom. The Bertz CT molecular complexity index is 1670. The van der Waals surface area contributed by atoms with Crippen molar-refractivity contribution in [1.82, 2.24) is 25.0 Å². The predicted octanol–water partition coefficient (Wildman–Crippen LogP) is 4.35. The number of hydrogen-bond donors (Lipinski definition) is 0. The molecule has 2 aromatic heterocycles. The molecule has 6 rings (SSSR count). The molecule has 0 spiro atoms. The SMILES string of the molecule is CCOC(=O)c1cc(-c2ccc(N3CCN(C(=O)c4ccc5nonc5c4)CC3)cc2)n(-c2ccc(F)cc2)n1. The highest BCUT2D eigenvalue weighted by molar-refractivity contribution is 5.97. The van der Waals surface area contributed by atoms with Gasteiger partial charge in [-0.25, -0.2) is 18.5 Å². The Kier molecular flexibility index (Phi) is 6.69. The fraction of sp³-hybridized carbons (Fsp3) is 0.207. The number of carbonyl (C=O) groups is 2. The van der Waals surface area contributed by atoms with Crippen molar-refractivity contribution in [2.75, 3.05) is 37.7 Å². The molecule has 1 saturated heterocycles. The van der Waals surface area contributed by atoms with Crippen LogP contribution in [0.5, 0.6) is 0 Å². The molecule has 202 valence electrons. The predicted molar refractivity (Wildman–Crippen MR) is 145 cm³/mol. The molecule has 0 aliphatic carbocycles. The molecule has 0 saturated carbocycles. The minimum Gasteiger partial charge on any atom is -0.461 e. The lowest BCUT2D eigenvalue weighted by Gasteiger charge is -2.36. The lowest BCUT2D eigenvalue weighted by molar-refractivity contribution is 0.0518. The molecule has 0 bridgehead atoms. The van der Waals surface area contributed by atoms with Gasteiger partial charge in [0.15, 0.2) is 5.69 Å². The van der Waals surface area contributed by atoms with Crippen LogP contribution in [0.3, 0.4) is 0 Å². The summed E-state index contributed by atoms with van der Waals surface area (Å²) in [6.45, 7) is 4.49. The highest BCUT2D eigenvalue weighted by atomic mass is 19.1. The van der Waals surface area contributed by atoms with Crippen LogP contribution in [0.2, 0.25) is 0 Å². The van der Waals surface area contributed by atoms with E-state index < -0.39 is 5.97 Å². The summed E-state index contributed by atoms with van der Waals surface area (Å²) in [5.41, 5.74) is 5.05. The van der Waals surface area contributed by atoms with Crippen LogP contribution >= 0.6 is 0 Å². The van der Waals surface area contributed by atoms with Gasteiger partial charge >= 0.3 is 5.97 Å². The molecule has 0 unspecified atom stereocenters. The maximum atomic E-state index is 13.5. The highest BCUT2D eigenvalue weighted by Crippen LogP contribution is 2.28. The van der Waals surface area contributed by atoms with Crippen LogP contribution in [0.1, 0.15) is 27.8 Å². The molecule has 1 aliphatic rings. The summed E-state index contributed by atoms with van der Waals surface area (Å²) >= 11 is 0. The summed E-state index contributed by atoms with van der Waals surface area (Å²) in [5.74, 6) is -0.930. The summed E-state index contributed by atoms with van der Waals surface area (Å²) in [4.78, 5) is 29.5. The molecule has 0 radical (unpaired) electrons. The summed E-state index contributed by atoms with van der Waals surface area (Å²) in [5, 5.41) is 12.0. The largest absolute Gasteiger partial charge is 0.461 e. The number of ether oxygens (including phenoxy) is 1. The summed E-state index contributed by atoms with van der Waals surface area (Å²) in [7, 11) is 0. The number of esters is 1. The molecule has 11 heteroatoms. The molecule has 5 aromatic rings. The van der Waals surface area contributed by atoms with Gasteiger partial charge in [-0.1, -0.05) is 12.1 Å². The Labute approximate surface area is 228 Å². The van der Waals surface area contributed by atoms with E-state index in [4.69, 9.17) is 9.37 Å². The van der Waals surface area contributed by atoms with Crippen molar-refractivity contribution in [3.63, 3.8) is 0 Å². The molecule has 1 fully saturated rings. The Hall–Kier alpha value is -5.06. The minimum atomic E-state index is -0.522. The molecule has 0 atom stereocenters. The lowest BCUT2D eigenvalue weighted by atomic mass is 10.1. The molecular formula is C29H25FN6O4. The first-order valence-corrected chi connectivity index (χ1v) is 12.9. The number of hydrogen-bond acceptors (Lipinski definition) is 8. The second-order valence-corrected chi connectivity index (χ2v) is 9.32. The number of nitrogens with zero attached hydrogens (tertiary/aromatic N) is 6. The van der Waals surface area contributed by atoms with Gasteiger partial charge in [-0.3, -0.25) is 4.79 Å². The van der Waals surface area contributed by atoms with E-state index in [1.165, 1.54) is 12.1 Å². The van der Waals surface area contributed by atoms with Crippen LogP contribution in [0.15, 0.2) is 77.4 Å². The quantitative estimate of drug-likeness (QED) is 0.293. The van der Waals surface area contributed by atoms with Gasteiger partial charge in [0, 0.05) is 43.0 Å². The van der Waals surface area contributed by atoms with Gasteiger partial charge in [0.05, 0.1) is 18.0 Å². The standard InChI is InChI=1S/C29H25FN6O4/c1-2-39-29(38)26-18-27(36(31-26)23-10-6-21(30)7-11-23)19-3-8-22(9-4-19)34-13-15-35(16-14-34)28(37)20-5-12-24-25(17-20)33-40-32-24/h3-12,17-18H,2,13-16H2,1H3. The van der Waals surface area contributed by atoms with E-state index in [0.29, 0.717) is 54.2 Å². The summed E-state index contributed by atoms with van der Waals surface area (Å²) in [6.07, 6.45) is 0. The number of halogens is 1. The maximum absolute atomic E-state index is 13.5. The van der Waals surface area contributed by atoms with Gasteiger partial charge in [-0.05, 0) is 77.9 Å². The fourth-order valence-corrected chi connectivity index (χ4v) is 4.78. The average Bonchev–Trinajstić information content (AvgIpc) is 3.65. The number of benzene rings is 3. The number of rotatable bonds is 6. The van der Waals surface area contributed by atoms with E-state index in [1.807, 2.05) is 29.2 Å². The topological polar surface area (TPSA) is 107 Å². The Balaban J connectivity index is 1.18. The first-order chi connectivity index (χ1) is 19.5. The van der Waals surface area contributed by atoms with Gasteiger partial charge in [0.1, 0.15) is 16.9 Å². The number of carbonyl (C=O) groups excluding carboxylic acids is 2. The average molecular weight is 541 g/mol. The highest BCUT2D eigenvalue weighted by Gasteiger charge is 2.23. The van der Waals surface area contributed by atoms with Crippen LogP contribution in [-0.4, -0.2) is 69.7 Å². The van der Waals surface area contributed by atoms with Crippen molar-refractivity contribution in [3.8, 4) is 16.9 Å². The van der Waals surface area contributed by atoms with Gasteiger partial charge in [0.25, 0.3) is 5.91 Å². The van der Waals surface area contributed by atoms with Gasteiger partial charge in [-0.15, -0.1) is 0 Å². The zero-order valence-electron chi connectivity index (χ0n) is 21.7. The number of piperazine rings is 1. The third-order valence-electron chi connectivity index (χ3n) is 6.86. The molecule has 3 aromatic carbocycles.